The minimum Gasteiger partial charge on any atom is -0.480 e. The Kier molecular flexibility index (Phi) is 5.75. The van der Waals surface area contributed by atoms with Gasteiger partial charge in [0.15, 0.2) is 0 Å². The third kappa shape index (κ3) is 4.69. The molecule has 0 aromatic carbocycles. The summed E-state index contributed by atoms with van der Waals surface area (Å²) >= 11 is 0. The third-order valence-corrected chi connectivity index (χ3v) is 3.14. The third-order valence-electron chi connectivity index (χ3n) is 3.14. The number of rotatable bonds is 5. The SMILES string of the molecule is CC1CN(C(=O)N[C@@H](CCC(N)=O)C(=O)O)C(C)CO1. The van der Waals surface area contributed by atoms with Gasteiger partial charge in [-0.15, -0.1) is 0 Å². The predicted molar refractivity (Wildman–Crippen MR) is 70.0 cm³/mol. The highest BCUT2D eigenvalue weighted by molar-refractivity contribution is 5.83. The Morgan fingerprint density at radius 2 is 2.10 bits per heavy atom. The van der Waals surface area contributed by atoms with E-state index >= 15 is 0 Å². The molecule has 0 spiro atoms. The van der Waals surface area contributed by atoms with Gasteiger partial charge in [0, 0.05) is 13.0 Å². The number of ether oxygens (including phenoxy) is 1. The fraction of sp³-hybridized carbons (Fsp3) is 0.750. The van der Waals surface area contributed by atoms with Crippen LogP contribution in [0.4, 0.5) is 4.79 Å². The molecule has 1 rings (SSSR count). The molecule has 8 nitrogen and oxygen atoms in total. The summed E-state index contributed by atoms with van der Waals surface area (Å²) in [6.07, 6.45) is -0.206. The van der Waals surface area contributed by atoms with Crippen LogP contribution in [0.1, 0.15) is 26.7 Å². The van der Waals surface area contributed by atoms with Crippen molar-refractivity contribution in [1.82, 2.24) is 10.2 Å². The smallest absolute Gasteiger partial charge is 0.326 e. The molecule has 0 aliphatic carbocycles. The van der Waals surface area contributed by atoms with Crippen LogP contribution in [-0.4, -0.2) is 59.3 Å². The summed E-state index contributed by atoms with van der Waals surface area (Å²) in [5.74, 6) is -1.78. The maximum atomic E-state index is 12.1. The zero-order valence-corrected chi connectivity index (χ0v) is 11.7. The standard InChI is InChI=1S/C12H21N3O5/c1-7-6-20-8(2)5-15(7)12(19)14-9(11(17)18)3-4-10(13)16/h7-9H,3-6H2,1-2H3,(H2,13,16)(H,14,19)(H,17,18)/t7?,8?,9-/m0/s1. The lowest BCUT2D eigenvalue weighted by atomic mass is 10.1. The van der Waals surface area contributed by atoms with Crippen LogP contribution in [0, 0.1) is 0 Å². The highest BCUT2D eigenvalue weighted by atomic mass is 16.5. The molecule has 3 atom stereocenters. The molecule has 8 heteroatoms. The van der Waals surface area contributed by atoms with E-state index in [4.69, 9.17) is 15.6 Å². The van der Waals surface area contributed by atoms with Gasteiger partial charge in [-0.25, -0.2) is 9.59 Å². The van der Waals surface area contributed by atoms with Crippen LogP contribution in [0.25, 0.3) is 0 Å². The van der Waals surface area contributed by atoms with Gasteiger partial charge in [0.25, 0.3) is 0 Å². The zero-order chi connectivity index (χ0) is 15.3. The van der Waals surface area contributed by atoms with E-state index in [2.05, 4.69) is 5.32 Å². The van der Waals surface area contributed by atoms with E-state index in [0.29, 0.717) is 13.2 Å². The Balaban J connectivity index is 2.60. The largest absolute Gasteiger partial charge is 0.480 e. The van der Waals surface area contributed by atoms with Gasteiger partial charge in [0.2, 0.25) is 5.91 Å². The Bertz CT molecular complexity index is 387. The molecule has 1 aliphatic heterocycles. The molecule has 20 heavy (non-hydrogen) atoms. The first-order valence-electron chi connectivity index (χ1n) is 6.51. The number of carboxylic acid groups (broad SMARTS) is 1. The average Bonchev–Trinajstić information content (AvgIpc) is 2.36. The van der Waals surface area contributed by atoms with Gasteiger partial charge >= 0.3 is 12.0 Å². The van der Waals surface area contributed by atoms with E-state index in [1.54, 1.807) is 0 Å². The van der Waals surface area contributed by atoms with Gasteiger partial charge in [0.05, 0.1) is 18.8 Å². The van der Waals surface area contributed by atoms with Crippen LogP contribution in [0.2, 0.25) is 0 Å². The normalized spacial score (nSPS) is 24.0. The van der Waals surface area contributed by atoms with E-state index in [-0.39, 0.29) is 25.0 Å². The first-order chi connectivity index (χ1) is 9.31. The number of amides is 3. The number of nitrogens with one attached hydrogen (secondary N) is 1. The molecule has 1 fully saturated rings. The molecule has 4 N–H and O–H groups in total. The fourth-order valence-corrected chi connectivity index (χ4v) is 1.96. The van der Waals surface area contributed by atoms with E-state index < -0.39 is 23.9 Å². The summed E-state index contributed by atoms with van der Waals surface area (Å²) in [5, 5.41) is 11.5. The zero-order valence-electron chi connectivity index (χ0n) is 11.7. The second-order valence-electron chi connectivity index (χ2n) is 4.99. The summed E-state index contributed by atoms with van der Waals surface area (Å²) in [6.45, 7) is 4.47. The second-order valence-corrected chi connectivity index (χ2v) is 4.99. The lowest BCUT2D eigenvalue weighted by Gasteiger charge is -2.37. The molecule has 0 radical (unpaired) electrons. The van der Waals surface area contributed by atoms with Gasteiger partial charge in [-0.1, -0.05) is 0 Å². The van der Waals surface area contributed by atoms with Crippen LogP contribution in [0.3, 0.4) is 0 Å². The molecule has 1 aliphatic rings. The van der Waals surface area contributed by atoms with Crippen molar-refractivity contribution in [3.05, 3.63) is 0 Å². The number of aliphatic carboxylic acids is 1. The molecule has 1 saturated heterocycles. The maximum absolute atomic E-state index is 12.1. The van der Waals surface area contributed by atoms with E-state index in [0.717, 1.165) is 0 Å². The molecule has 0 saturated carbocycles. The van der Waals surface area contributed by atoms with Crippen molar-refractivity contribution in [2.24, 2.45) is 5.73 Å². The number of carbonyl (C=O) groups is 3. The molecule has 0 bridgehead atoms. The van der Waals surface area contributed by atoms with Crippen molar-refractivity contribution in [1.29, 1.82) is 0 Å². The summed E-state index contributed by atoms with van der Waals surface area (Å²) < 4.78 is 5.40. The summed E-state index contributed by atoms with van der Waals surface area (Å²) in [4.78, 5) is 35.4. The van der Waals surface area contributed by atoms with E-state index in [9.17, 15) is 14.4 Å². The number of urea groups is 1. The topological polar surface area (TPSA) is 122 Å². The number of hydrogen-bond acceptors (Lipinski definition) is 4. The molecular formula is C12H21N3O5. The quantitative estimate of drug-likeness (QED) is 0.630. The number of primary amides is 1. The Hall–Kier alpha value is -1.83. The van der Waals surface area contributed by atoms with Crippen molar-refractivity contribution in [2.75, 3.05) is 13.2 Å². The maximum Gasteiger partial charge on any atom is 0.326 e. The van der Waals surface area contributed by atoms with Gasteiger partial charge in [0.1, 0.15) is 6.04 Å². The molecule has 0 aromatic heterocycles. The van der Waals surface area contributed by atoms with Crippen LogP contribution in [0.15, 0.2) is 0 Å². The van der Waals surface area contributed by atoms with E-state index in [1.807, 2.05) is 13.8 Å². The highest BCUT2D eigenvalue weighted by Crippen LogP contribution is 2.12. The highest BCUT2D eigenvalue weighted by Gasteiger charge is 2.30. The van der Waals surface area contributed by atoms with Crippen molar-refractivity contribution in [3.63, 3.8) is 0 Å². The van der Waals surface area contributed by atoms with Gasteiger partial charge in [-0.3, -0.25) is 4.79 Å². The second kappa shape index (κ2) is 7.09. The van der Waals surface area contributed by atoms with Crippen LogP contribution in [0.5, 0.6) is 0 Å². The Labute approximate surface area is 117 Å². The van der Waals surface area contributed by atoms with Crippen molar-refractivity contribution < 1.29 is 24.2 Å². The molecule has 2 unspecified atom stereocenters. The van der Waals surface area contributed by atoms with Crippen LogP contribution in [-0.2, 0) is 14.3 Å². The van der Waals surface area contributed by atoms with Crippen LogP contribution < -0.4 is 11.1 Å². The summed E-state index contributed by atoms with van der Waals surface area (Å²) in [6, 6.07) is -1.72. The van der Waals surface area contributed by atoms with E-state index in [1.165, 1.54) is 4.90 Å². The predicted octanol–water partition coefficient (Wildman–Crippen LogP) is -0.476. The van der Waals surface area contributed by atoms with Crippen LogP contribution >= 0.6 is 0 Å². The minimum absolute atomic E-state index is 0.0231. The number of carboxylic acids is 1. The monoisotopic (exact) mass is 287 g/mol. The van der Waals surface area contributed by atoms with Crippen molar-refractivity contribution in [2.45, 2.75) is 44.9 Å². The summed E-state index contributed by atoms with van der Waals surface area (Å²) in [5.41, 5.74) is 4.98. The number of hydrogen-bond donors (Lipinski definition) is 3. The lowest BCUT2D eigenvalue weighted by molar-refractivity contribution is -0.139. The van der Waals surface area contributed by atoms with Crippen molar-refractivity contribution >= 4 is 17.9 Å². The number of nitrogens with two attached hydrogens (primary N) is 1. The molecular weight excluding hydrogens is 266 g/mol. The van der Waals surface area contributed by atoms with Crippen molar-refractivity contribution in [3.8, 4) is 0 Å². The molecule has 1 heterocycles. The van der Waals surface area contributed by atoms with Gasteiger partial charge in [-0.2, -0.15) is 0 Å². The van der Waals surface area contributed by atoms with Gasteiger partial charge < -0.3 is 25.8 Å². The Morgan fingerprint density at radius 1 is 1.45 bits per heavy atom. The molecule has 114 valence electrons. The number of nitrogens with zero attached hydrogens (tertiary/aromatic N) is 1. The van der Waals surface area contributed by atoms with Gasteiger partial charge in [-0.05, 0) is 20.3 Å². The number of morpholine rings is 1. The minimum atomic E-state index is -1.19. The average molecular weight is 287 g/mol. The molecule has 0 aromatic rings. The Morgan fingerprint density at radius 3 is 2.65 bits per heavy atom. The molecule has 3 amide bonds. The summed E-state index contributed by atoms with van der Waals surface area (Å²) in [7, 11) is 0. The fourth-order valence-electron chi connectivity index (χ4n) is 1.96. The first-order valence-corrected chi connectivity index (χ1v) is 6.51. The first kappa shape index (κ1) is 16.2. The lowest BCUT2D eigenvalue weighted by Crippen LogP contribution is -2.56. The number of carbonyl (C=O) groups excluding carboxylic acids is 2.